The molecule has 0 spiro atoms. The summed E-state index contributed by atoms with van der Waals surface area (Å²) < 4.78 is 0. The van der Waals surface area contributed by atoms with E-state index in [0.717, 1.165) is 5.56 Å². The molecule has 24 heavy (non-hydrogen) atoms. The molecule has 1 heterocycles. The second-order valence-electron chi connectivity index (χ2n) is 7.20. The lowest BCUT2D eigenvalue weighted by Crippen LogP contribution is -2.29. The number of hydrogen-bond donors (Lipinski definition) is 1. The smallest absolute Gasteiger partial charge is 0.232 e. The van der Waals surface area contributed by atoms with E-state index in [4.69, 9.17) is 0 Å². The van der Waals surface area contributed by atoms with Crippen molar-refractivity contribution in [2.24, 2.45) is 5.41 Å². The van der Waals surface area contributed by atoms with Crippen LogP contribution in [0.25, 0.3) is 0 Å². The van der Waals surface area contributed by atoms with Crippen molar-refractivity contribution in [3.8, 4) is 0 Å². The molecule has 1 aliphatic carbocycles. The van der Waals surface area contributed by atoms with E-state index >= 15 is 0 Å². The number of rotatable bonds is 2. The molecule has 0 fully saturated rings. The lowest BCUT2D eigenvalue weighted by Gasteiger charge is -2.23. The zero-order valence-electron chi connectivity index (χ0n) is 14.2. The molecule has 0 radical (unpaired) electrons. The number of amides is 1. The molecule has 5 heteroatoms. The molecule has 124 valence electrons. The molecule has 1 unspecified atom stereocenters. The minimum atomic E-state index is -0.526. The zero-order chi connectivity index (χ0) is 17.3. The highest BCUT2D eigenvalue weighted by molar-refractivity contribution is 5.99. The van der Waals surface area contributed by atoms with Crippen molar-refractivity contribution < 1.29 is 9.59 Å². The fourth-order valence-electron chi connectivity index (χ4n) is 2.76. The van der Waals surface area contributed by atoms with Crippen molar-refractivity contribution >= 4 is 17.6 Å². The van der Waals surface area contributed by atoms with Crippen molar-refractivity contribution in [2.45, 2.75) is 39.5 Å². The van der Waals surface area contributed by atoms with E-state index in [9.17, 15) is 9.59 Å². The quantitative estimate of drug-likeness (QED) is 0.919. The average Bonchev–Trinajstić information content (AvgIpc) is 2.54. The second-order valence-corrected chi connectivity index (χ2v) is 7.20. The first kappa shape index (κ1) is 16.3. The summed E-state index contributed by atoms with van der Waals surface area (Å²) in [6.07, 6.45) is 2.67. The number of fused-ring (bicyclic) bond motifs is 1. The van der Waals surface area contributed by atoms with Crippen molar-refractivity contribution in [1.82, 2.24) is 9.97 Å². The van der Waals surface area contributed by atoms with Crippen LogP contribution >= 0.6 is 0 Å². The maximum Gasteiger partial charge on any atom is 0.232 e. The Hall–Kier alpha value is -2.56. The highest BCUT2D eigenvalue weighted by Gasteiger charge is 2.29. The van der Waals surface area contributed by atoms with Gasteiger partial charge in [0.2, 0.25) is 11.9 Å². The second kappa shape index (κ2) is 6.15. The highest BCUT2D eigenvalue weighted by Crippen LogP contribution is 2.31. The molecule has 0 aliphatic heterocycles. The maximum atomic E-state index is 12.4. The zero-order valence-corrected chi connectivity index (χ0v) is 14.2. The molecular weight excluding hydrogens is 302 g/mol. The number of aromatic nitrogens is 2. The number of carbonyl (C=O) groups excluding carboxylic acids is 2. The first-order valence-electron chi connectivity index (χ1n) is 8.10. The molecule has 1 atom stereocenters. The first-order valence-corrected chi connectivity index (χ1v) is 8.10. The summed E-state index contributed by atoms with van der Waals surface area (Å²) in [5.74, 6) is 0.283. The number of hydrogen-bond acceptors (Lipinski definition) is 4. The minimum absolute atomic E-state index is 0.0544. The number of Topliss-reactive ketones (excluding diaryl/α,β-unsaturated/α-hetero) is 1. The van der Waals surface area contributed by atoms with Gasteiger partial charge in [0.1, 0.15) is 0 Å². The minimum Gasteiger partial charge on any atom is -0.294 e. The molecule has 5 nitrogen and oxygen atoms in total. The van der Waals surface area contributed by atoms with Crippen molar-refractivity contribution in [2.75, 3.05) is 5.32 Å². The number of ketones is 1. The standard InChI is InChI=1S/C19H21N3O2/c1-19(2,3)17(24)22-18-20-11-14-15(21-18)9-13(10-16(14)23)12-7-5-4-6-8-12/h4-8,11,13H,9-10H2,1-3H3,(H,20,21,22,24). The normalized spacial score (nSPS) is 17.3. The summed E-state index contributed by atoms with van der Waals surface area (Å²) in [6, 6.07) is 9.98. The topological polar surface area (TPSA) is 72.0 Å². The van der Waals surface area contributed by atoms with E-state index in [1.54, 1.807) is 0 Å². The Balaban J connectivity index is 1.86. The third-order valence-corrected chi connectivity index (χ3v) is 4.22. The van der Waals surface area contributed by atoms with Gasteiger partial charge in [0.15, 0.2) is 5.78 Å². The van der Waals surface area contributed by atoms with Crippen molar-refractivity contribution in [3.63, 3.8) is 0 Å². The molecular formula is C19H21N3O2. The lowest BCUT2D eigenvalue weighted by molar-refractivity contribution is -0.123. The fraction of sp³-hybridized carbons (Fsp3) is 0.368. The predicted octanol–water partition coefficient (Wildman–Crippen LogP) is 3.37. The molecule has 1 aromatic heterocycles. The number of anilines is 1. The van der Waals surface area contributed by atoms with Gasteiger partial charge < -0.3 is 0 Å². The summed E-state index contributed by atoms with van der Waals surface area (Å²) >= 11 is 0. The van der Waals surface area contributed by atoms with Gasteiger partial charge in [-0.1, -0.05) is 51.1 Å². The number of nitrogens with one attached hydrogen (secondary N) is 1. The molecule has 0 bridgehead atoms. The van der Waals surface area contributed by atoms with Gasteiger partial charge in [-0.05, 0) is 17.9 Å². The van der Waals surface area contributed by atoms with Crippen LogP contribution in [0.15, 0.2) is 36.5 Å². The summed E-state index contributed by atoms with van der Waals surface area (Å²) in [5.41, 5.74) is 1.88. The molecule has 2 aromatic rings. The van der Waals surface area contributed by atoms with E-state index in [1.807, 2.05) is 51.1 Å². The van der Waals surface area contributed by atoms with Crippen LogP contribution in [0.4, 0.5) is 5.95 Å². The largest absolute Gasteiger partial charge is 0.294 e. The predicted molar refractivity (Wildman–Crippen MR) is 92.0 cm³/mol. The fourth-order valence-corrected chi connectivity index (χ4v) is 2.76. The van der Waals surface area contributed by atoms with Crippen molar-refractivity contribution in [3.05, 3.63) is 53.3 Å². The average molecular weight is 323 g/mol. The van der Waals surface area contributed by atoms with Crippen LogP contribution in [0, 0.1) is 5.41 Å². The van der Waals surface area contributed by atoms with Gasteiger partial charge in [0.05, 0.1) is 11.3 Å². The van der Waals surface area contributed by atoms with Crippen LogP contribution < -0.4 is 5.32 Å². The van der Waals surface area contributed by atoms with E-state index < -0.39 is 5.41 Å². The Kier molecular flexibility index (Phi) is 4.18. The van der Waals surface area contributed by atoms with E-state index in [2.05, 4.69) is 15.3 Å². The summed E-state index contributed by atoms with van der Waals surface area (Å²) in [7, 11) is 0. The molecule has 1 aliphatic rings. The molecule has 1 aromatic carbocycles. The number of carbonyl (C=O) groups is 2. The Morgan fingerprint density at radius 3 is 2.54 bits per heavy atom. The highest BCUT2D eigenvalue weighted by atomic mass is 16.2. The van der Waals surface area contributed by atoms with Crippen LogP contribution in [0.1, 0.15) is 54.7 Å². The molecule has 0 saturated carbocycles. The van der Waals surface area contributed by atoms with Gasteiger partial charge in [-0.25, -0.2) is 9.97 Å². The number of nitrogens with zero attached hydrogens (tertiary/aromatic N) is 2. The SMILES string of the molecule is CC(C)(C)C(=O)Nc1ncc2c(n1)CC(c1ccccc1)CC2=O. The van der Waals surface area contributed by atoms with Crippen molar-refractivity contribution in [1.29, 1.82) is 0 Å². The van der Waals surface area contributed by atoms with Crippen LogP contribution in [0.3, 0.4) is 0 Å². The molecule has 0 saturated heterocycles. The Morgan fingerprint density at radius 2 is 1.88 bits per heavy atom. The van der Waals surface area contributed by atoms with Crippen LogP contribution in [-0.2, 0) is 11.2 Å². The summed E-state index contributed by atoms with van der Waals surface area (Å²) in [6.45, 7) is 5.49. The van der Waals surface area contributed by atoms with Gasteiger partial charge >= 0.3 is 0 Å². The van der Waals surface area contributed by atoms with Gasteiger partial charge in [-0.3, -0.25) is 14.9 Å². The Bertz CT molecular complexity index is 779. The summed E-state index contributed by atoms with van der Waals surface area (Å²) in [5, 5.41) is 2.73. The Labute approximate surface area is 141 Å². The van der Waals surface area contributed by atoms with Gasteiger partial charge in [-0.15, -0.1) is 0 Å². The third kappa shape index (κ3) is 3.35. The Morgan fingerprint density at radius 1 is 1.17 bits per heavy atom. The van der Waals surface area contributed by atoms with E-state index in [0.29, 0.717) is 24.1 Å². The molecule has 3 rings (SSSR count). The maximum absolute atomic E-state index is 12.4. The number of benzene rings is 1. The van der Waals surface area contributed by atoms with Crippen LogP contribution in [0.2, 0.25) is 0 Å². The third-order valence-electron chi connectivity index (χ3n) is 4.22. The van der Waals surface area contributed by atoms with Gasteiger partial charge in [-0.2, -0.15) is 0 Å². The van der Waals surface area contributed by atoms with E-state index in [1.165, 1.54) is 6.20 Å². The first-order chi connectivity index (χ1) is 11.3. The van der Waals surface area contributed by atoms with Crippen LogP contribution in [-0.4, -0.2) is 21.7 Å². The lowest BCUT2D eigenvalue weighted by atomic mass is 9.82. The monoisotopic (exact) mass is 323 g/mol. The van der Waals surface area contributed by atoms with Crippen LogP contribution in [0.5, 0.6) is 0 Å². The molecule has 1 amide bonds. The van der Waals surface area contributed by atoms with E-state index in [-0.39, 0.29) is 23.6 Å². The van der Waals surface area contributed by atoms with Gasteiger partial charge in [0, 0.05) is 18.0 Å². The van der Waals surface area contributed by atoms with Gasteiger partial charge in [0.25, 0.3) is 0 Å². The summed E-state index contributed by atoms with van der Waals surface area (Å²) in [4.78, 5) is 33.0. The molecule has 1 N–H and O–H groups in total.